The lowest BCUT2D eigenvalue weighted by Gasteiger charge is -2.43. The Hall–Kier alpha value is -0.720. The lowest BCUT2D eigenvalue weighted by atomic mass is 10.0. The van der Waals surface area contributed by atoms with Gasteiger partial charge in [0.15, 0.2) is 6.04 Å². The standard InChI is InChI=1S/C11H22NO6P/c1-7-10(13)17-11(8-2,18-19(14,15)16)9(3)12(4,5)6/h7,9H,1,8H2,2-6H3,(H-,14,15,16)/p+1. The first-order chi connectivity index (χ1) is 8.38. The normalized spacial score (nSPS) is 17.4. The molecule has 112 valence electrons. The average Bonchev–Trinajstić information content (AvgIpc) is 2.23. The van der Waals surface area contributed by atoms with E-state index in [1.165, 1.54) is 0 Å². The fourth-order valence-corrected chi connectivity index (χ4v) is 2.34. The molecule has 0 radical (unpaired) electrons. The number of hydrogen-bond donors (Lipinski definition) is 2. The van der Waals surface area contributed by atoms with Gasteiger partial charge in [-0.05, 0) is 6.92 Å². The molecule has 0 saturated heterocycles. The molecule has 2 N–H and O–H groups in total. The highest BCUT2D eigenvalue weighted by Gasteiger charge is 2.51. The van der Waals surface area contributed by atoms with Crippen LogP contribution in [0.4, 0.5) is 0 Å². The molecule has 0 aromatic rings. The summed E-state index contributed by atoms with van der Waals surface area (Å²) in [4.78, 5) is 29.5. The number of likely N-dealkylation sites (N-methyl/N-ethyl adjacent to an activating group) is 1. The molecule has 0 heterocycles. The van der Waals surface area contributed by atoms with Gasteiger partial charge in [-0.3, -0.25) is 0 Å². The van der Waals surface area contributed by atoms with Crippen LogP contribution in [0.3, 0.4) is 0 Å². The molecule has 0 aliphatic heterocycles. The van der Waals surface area contributed by atoms with Gasteiger partial charge in [0.25, 0.3) is 5.79 Å². The second-order valence-electron chi connectivity index (χ2n) is 5.16. The van der Waals surface area contributed by atoms with E-state index in [0.29, 0.717) is 0 Å². The molecule has 0 fully saturated rings. The Bertz CT molecular complexity index is 385. The van der Waals surface area contributed by atoms with Crippen molar-refractivity contribution in [1.82, 2.24) is 0 Å². The van der Waals surface area contributed by atoms with E-state index in [9.17, 15) is 9.36 Å². The third-order valence-electron chi connectivity index (χ3n) is 3.00. The number of esters is 1. The van der Waals surface area contributed by atoms with Gasteiger partial charge in [0.05, 0.1) is 21.1 Å². The molecule has 0 aliphatic rings. The van der Waals surface area contributed by atoms with Crippen LogP contribution in [-0.2, 0) is 18.6 Å². The number of carbonyl (C=O) groups excluding carboxylic acids is 1. The highest BCUT2D eigenvalue weighted by Crippen LogP contribution is 2.45. The van der Waals surface area contributed by atoms with Gasteiger partial charge in [-0.25, -0.2) is 13.9 Å². The molecule has 19 heavy (non-hydrogen) atoms. The van der Waals surface area contributed by atoms with Crippen LogP contribution in [-0.4, -0.2) is 53.2 Å². The van der Waals surface area contributed by atoms with Crippen LogP contribution in [0.5, 0.6) is 0 Å². The summed E-state index contributed by atoms with van der Waals surface area (Å²) in [6.07, 6.45) is 1.02. The third-order valence-corrected chi connectivity index (χ3v) is 3.55. The van der Waals surface area contributed by atoms with Crippen LogP contribution in [0.1, 0.15) is 20.3 Å². The minimum Gasteiger partial charge on any atom is -0.423 e. The van der Waals surface area contributed by atoms with Gasteiger partial charge in [-0.1, -0.05) is 13.5 Å². The summed E-state index contributed by atoms with van der Waals surface area (Å²) < 4.78 is 21.4. The molecule has 0 saturated carbocycles. The molecule has 2 atom stereocenters. The summed E-state index contributed by atoms with van der Waals surface area (Å²) in [5.74, 6) is -2.52. The minimum absolute atomic E-state index is 0.0916. The van der Waals surface area contributed by atoms with E-state index in [1.54, 1.807) is 35.0 Å². The number of phosphoric acid groups is 1. The van der Waals surface area contributed by atoms with E-state index in [1.807, 2.05) is 0 Å². The Labute approximate surface area is 113 Å². The molecule has 0 aromatic heterocycles. The molecular weight excluding hydrogens is 273 g/mol. The van der Waals surface area contributed by atoms with Crippen molar-refractivity contribution in [1.29, 1.82) is 0 Å². The van der Waals surface area contributed by atoms with Crippen LogP contribution in [0, 0.1) is 0 Å². The monoisotopic (exact) mass is 296 g/mol. The van der Waals surface area contributed by atoms with Crippen molar-refractivity contribution in [2.24, 2.45) is 0 Å². The van der Waals surface area contributed by atoms with Gasteiger partial charge < -0.3 is 19.0 Å². The quantitative estimate of drug-likeness (QED) is 0.240. The zero-order chi connectivity index (χ0) is 15.5. The van der Waals surface area contributed by atoms with Gasteiger partial charge in [-0.2, -0.15) is 0 Å². The van der Waals surface area contributed by atoms with Crippen LogP contribution < -0.4 is 0 Å². The Balaban J connectivity index is 5.59. The number of nitrogens with zero attached hydrogens (tertiary/aromatic N) is 1. The average molecular weight is 296 g/mol. The number of hydrogen-bond acceptors (Lipinski definition) is 4. The summed E-state index contributed by atoms with van der Waals surface area (Å²) in [5, 5.41) is 0. The molecule has 2 unspecified atom stereocenters. The smallest absolute Gasteiger partial charge is 0.423 e. The van der Waals surface area contributed by atoms with Crippen LogP contribution in [0.15, 0.2) is 12.7 Å². The Morgan fingerprint density at radius 3 is 2.21 bits per heavy atom. The first-order valence-corrected chi connectivity index (χ1v) is 7.34. The van der Waals surface area contributed by atoms with E-state index >= 15 is 0 Å². The van der Waals surface area contributed by atoms with Crippen LogP contribution >= 0.6 is 7.82 Å². The molecule has 0 amide bonds. The third kappa shape index (κ3) is 5.42. The van der Waals surface area contributed by atoms with Crippen molar-refractivity contribution >= 4 is 13.8 Å². The zero-order valence-electron chi connectivity index (χ0n) is 12.0. The lowest BCUT2D eigenvalue weighted by molar-refractivity contribution is -0.905. The molecule has 8 heteroatoms. The highest BCUT2D eigenvalue weighted by molar-refractivity contribution is 7.46. The summed E-state index contributed by atoms with van der Waals surface area (Å²) in [6.45, 7) is 6.58. The van der Waals surface area contributed by atoms with Crippen molar-refractivity contribution in [3.05, 3.63) is 12.7 Å². The molecule has 0 aromatic carbocycles. The summed E-state index contributed by atoms with van der Waals surface area (Å²) in [5.41, 5.74) is 0. The van der Waals surface area contributed by atoms with E-state index in [-0.39, 0.29) is 10.9 Å². The Kier molecular flexibility index (Phi) is 5.92. The van der Waals surface area contributed by atoms with E-state index in [0.717, 1.165) is 6.08 Å². The van der Waals surface area contributed by atoms with E-state index in [2.05, 4.69) is 6.58 Å². The molecule has 0 spiro atoms. The number of quaternary nitrogens is 1. The summed E-state index contributed by atoms with van der Waals surface area (Å²) in [6, 6.07) is -0.506. The fraction of sp³-hybridized carbons (Fsp3) is 0.727. The Morgan fingerprint density at radius 2 is 1.95 bits per heavy atom. The van der Waals surface area contributed by atoms with Crippen LogP contribution in [0.2, 0.25) is 0 Å². The minimum atomic E-state index is -4.82. The van der Waals surface area contributed by atoms with Gasteiger partial charge >= 0.3 is 13.8 Å². The molecule has 0 aliphatic carbocycles. The lowest BCUT2D eigenvalue weighted by Crippen LogP contribution is -2.59. The van der Waals surface area contributed by atoms with E-state index < -0.39 is 25.6 Å². The second kappa shape index (κ2) is 6.15. The molecule has 0 rings (SSSR count). The van der Waals surface area contributed by atoms with Crippen molar-refractivity contribution in [2.75, 3.05) is 21.1 Å². The van der Waals surface area contributed by atoms with Gasteiger partial charge in [0.1, 0.15) is 0 Å². The number of phosphoric ester groups is 1. The Morgan fingerprint density at radius 1 is 1.47 bits per heavy atom. The zero-order valence-corrected chi connectivity index (χ0v) is 12.9. The summed E-state index contributed by atoms with van der Waals surface area (Å²) in [7, 11) is 0.601. The number of carbonyl (C=O) groups is 1. The molecule has 7 nitrogen and oxygen atoms in total. The van der Waals surface area contributed by atoms with Gasteiger partial charge in [0, 0.05) is 12.5 Å². The summed E-state index contributed by atoms with van der Waals surface area (Å²) >= 11 is 0. The molecular formula is C11H23NO6P+. The predicted molar refractivity (Wildman–Crippen MR) is 69.9 cm³/mol. The van der Waals surface area contributed by atoms with Gasteiger partial charge in [0.2, 0.25) is 0 Å². The number of ether oxygens (including phenoxy) is 1. The van der Waals surface area contributed by atoms with Crippen molar-refractivity contribution < 1.29 is 32.9 Å². The highest BCUT2D eigenvalue weighted by atomic mass is 31.2. The maximum Gasteiger partial charge on any atom is 0.473 e. The number of rotatable bonds is 7. The van der Waals surface area contributed by atoms with Gasteiger partial charge in [-0.15, -0.1) is 0 Å². The first-order valence-electron chi connectivity index (χ1n) is 5.81. The first kappa shape index (κ1) is 18.3. The SMILES string of the molecule is C=CC(=O)OC(CC)(OP(=O)(O)O)C(C)[N+](C)(C)C. The maximum atomic E-state index is 11.4. The maximum absolute atomic E-state index is 11.4. The second-order valence-corrected chi connectivity index (χ2v) is 6.33. The largest absolute Gasteiger partial charge is 0.473 e. The fourth-order valence-electron chi connectivity index (χ4n) is 1.62. The van der Waals surface area contributed by atoms with Crippen molar-refractivity contribution in [3.63, 3.8) is 0 Å². The molecule has 0 bridgehead atoms. The van der Waals surface area contributed by atoms with Crippen LogP contribution in [0.25, 0.3) is 0 Å². The van der Waals surface area contributed by atoms with Crippen molar-refractivity contribution in [2.45, 2.75) is 32.1 Å². The predicted octanol–water partition coefficient (Wildman–Crippen LogP) is 1.03. The van der Waals surface area contributed by atoms with Crippen molar-refractivity contribution in [3.8, 4) is 0 Å². The topological polar surface area (TPSA) is 93.1 Å². The van der Waals surface area contributed by atoms with E-state index in [4.69, 9.17) is 19.0 Å².